The maximum atomic E-state index is 5.56. The van der Waals surface area contributed by atoms with Crippen molar-refractivity contribution in [2.75, 3.05) is 38.2 Å². The Morgan fingerprint density at radius 2 is 1.87 bits per heavy atom. The van der Waals surface area contributed by atoms with Gasteiger partial charge in [0.1, 0.15) is 23.1 Å². The summed E-state index contributed by atoms with van der Waals surface area (Å²) in [6, 6.07) is 8.99. The molecule has 204 valence electrons. The zero-order chi connectivity index (χ0) is 27.1. The van der Waals surface area contributed by atoms with Crippen LogP contribution in [-0.4, -0.2) is 53.9 Å². The normalized spacial score (nSPS) is 17.5. The highest BCUT2D eigenvalue weighted by Gasteiger charge is 2.20. The highest BCUT2D eigenvalue weighted by Crippen LogP contribution is 2.28. The van der Waals surface area contributed by atoms with Gasteiger partial charge in [0.2, 0.25) is 0 Å². The molecule has 0 atom stereocenters. The molecule has 0 amide bonds. The summed E-state index contributed by atoms with van der Waals surface area (Å²) in [7, 11) is 2.19. The van der Waals surface area contributed by atoms with Crippen LogP contribution < -0.4 is 4.90 Å². The number of hydrogen-bond donors (Lipinski definition) is 0. The first-order valence-electron chi connectivity index (χ1n) is 14.2. The van der Waals surface area contributed by atoms with Gasteiger partial charge in [-0.1, -0.05) is 38.1 Å². The number of rotatable bonds is 6. The number of aliphatic imine (C=N–C) groups is 1. The van der Waals surface area contributed by atoms with Crippen LogP contribution in [0.1, 0.15) is 76.1 Å². The van der Waals surface area contributed by atoms with E-state index < -0.39 is 0 Å². The van der Waals surface area contributed by atoms with Crippen molar-refractivity contribution in [2.45, 2.75) is 66.3 Å². The molecular weight excluding hydrogens is 470 g/mol. The average Bonchev–Trinajstić information content (AvgIpc) is 3.32. The number of allylic oxidation sites excluding steroid dienone is 1. The Bertz CT molecular complexity index is 1240. The molecule has 1 fully saturated rings. The quantitative estimate of drug-likeness (QED) is 0.399. The Morgan fingerprint density at radius 3 is 2.63 bits per heavy atom. The summed E-state index contributed by atoms with van der Waals surface area (Å²) in [5.74, 6) is 2.51. The third-order valence-electron chi connectivity index (χ3n) is 7.27. The molecule has 0 aliphatic carbocycles. The van der Waals surface area contributed by atoms with Crippen molar-refractivity contribution in [1.82, 2.24) is 14.9 Å². The molecule has 1 aromatic carbocycles. The summed E-state index contributed by atoms with van der Waals surface area (Å²) < 4.78 is 5.56. The van der Waals surface area contributed by atoms with Crippen molar-refractivity contribution in [2.24, 2.45) is 4.99 Å². The van der Waals surface area contributed by atoms with Crippen LogP contribution in [0.4, 0.5) is 5.82 Å². The third kappa shape index (κ3) is 6.79. The lowest BCUT2D eigenvalue weighted by Crippen LogP contribution is -2.26. The van der Waals surface area contributed by atoms with Crippen molar-refractivity contribution >= 4 is 17.6 Å². The minimum atomic E-state index is 0. The number of nitrogens with zero attached hydrogens (tertiary/aromatic N) is 5. The summed E-state index contributed by atoms with van der Waals surface area (Å²) in [5.41, 5.74) is 8.41. The van der Waals surface area contributed by atoms with Crippen molar-refractivity contribution in [3.8, 4) is 0 Å². The Labute approximate surface area is 230 Å². The number of aryl methyl sites for hydroxylation is 2. The van der Waals surface area contributed by atoms with Gasteiger partial charge in [0, 0.05) is 40.1 Å². The maximum Gasteiger partial charge on any atom is 0.137 e. The molecule has 3 aliphatic rings. The average molecular weight is 516 g/mol. The second-order valence-electron chi connectivity index (χ2n) is 10.0. The highest BCUT2D eigenvalue weighted by molar-refractivity contribution is 6.04. The third-order valence-corrected chi connectivity index (χ3v) is 7.27. The van der Waals surface area contributed by atoms with Gasteiger partial charge in [-0.2, -0.15) is 0 Å². The van der Waals surface area contributed by atoms with Crippen LogP contribution in [-0.2, 0) is 17.7 Å². The fourth-order valence-electron chi connectivity index (χ4n) is 5.24. The number of likely N-dealkylation sites (tertiary alicyclic amines) is 1. The van der Waals surface area contributed by atoms with Crippen molar-refractivity contribution < 1.29 is 6.16 Å². The van der Waals surface area contributed by atoms with Gasteiger partial charge in [-0.3, -0.25) is 0 Å². The van der Waals surface area contributed by atoms with E-state index in [0.29, 0.717) is 12.4 Å². The van der Waals surface area contributed by atoms with Gasteiger partial charge in [0.05, 0.1) is 18.0 Å². The molecule has 0 bridgehead atoms. The molecular formula is C32H45N5O. The van der Waals surface area contributed by atoms with E-state index in [1.807, 2.05) is 27.7 Å². The molecule has 0 N–H and O–H groups in total. The van der Waals surface area contributed by atoms with Crippen molar-refractivity contribution in [3.63, 3.8) is 0 Å². The molecule has 2 aromatic rings. The second kappa shape index (κ2) is 13.0. The monoisotopic (exact) mass is 515 g/mol. The van der Waals surface area contributed by atoms with E-state index >= 15 is 0 Å². The largest absolute Gasteiger partial charge is 0.492 e. The van der Waals surface area contributed by atoms with E-state index in [1.54, 1.807) is 0 Å². The van der Waals surface area contributed by atoms with E-state index in [1.165, 1.54) is 22.3 Å². The predicted octanol–water partition coefficient (Wildman–Crippen LogP) is 6.75. The fraction of sp³-hybridized carbons (Fsp3) is 0.469. The van der Waals surface area contributed by atoms with E-state index in [9.17, 15) is 0 Å². The van der Waals surface area contributed by atoms with Crippen LogP contribution >= 0.6 is 0 Å². The highest BCUT2D eigenvalue weighted by atomic mass is 16.5. The van der Waals surface area contributed by atoms with Gasteiger partial charge in [0.25, 0.3) is 0 Å². The first-order chi connectivity index (χ1) is 18.5. The second-order valence-corrected chi connectivity index (χ2v) is 10.0. The molecule has 1 aromatic heterocycles. The molecule has 0 radical (unpaired) electrons. The molecule has 0 spiro atoms. The SMILES string of the molecule is C=C(OCC)C1=CCC(c2ccc3c(c2)CN(c2cc(C=C4CCN(C)CC4)nc(C)n2)CCC3)=N1.CC.[HH]. The van der Waals surface area contributed by atoms with Gasteiger partial charge in [-0.15, -0.1) is 0 Å². The zero-order valence-corrected chi connectivity index (χ0v) is 23.9. The number of fused-ring (bicyclic) bond motifs is 1. The molecule has 3 aliphatic heterocycles. The Hall–Kier alpha value is -3.25. The van der Waals surface area contributed by atoms with Crippen LogP contribution in [0.25, 0.3) is 6.08 Å². The van der Waals surface area contributed by atoms with Gasteiger partial charge >= 0.3 is 0 Å². The van der Waals surface area contributed by atoms with Gasteiger partial charge < -0.3 is 14.5 Å². The molecule has 0 saturated carbocycles. The number of anilines is 1. The zero-order valence-electron chi connectivity index (χ0n) is 23.9. The van der Waals surface area contributed by atoms with Crippen LogP contribution in [0.3, 0.4) is 0 Å². The molecule has 6 nitrogen and oxygen atoms in total. The van der Waals surface area contributed by atoms with E-state index in [0.717, 1.165) is 87.0 Å². The standard InChI is InChI=1S/C30H37N5O.C2H6.H2/c1-5-36-21(2)28-10-11-29(33-28)25-9-8-24-7-6-14-35(20-26(24)18-25)30-19-27(31-22(3)32-30)17-23-12-15-34(4)16-13-23;1-2;/h8-10,17-19H,2,5-7,11-16,20H2,1,3-4H3;1-2H3;1H. The van der Waals surface area contributed by atoms with E-state index in [2.05, 4.69) is 59.8 Å². The molecule has 6 heteroatoms. The number of hydrogen-bond acceptors (Lipinski definition) is 6. The summed E-state index contributed by atoms with van der Waals surface area (Å²) >= 11 is 0. The first kappa shape index (κ1) is 27.8. The van der Waals surface area contributed by atoms with Gasteiger partial charge in [0.15, 0.2) is 0 Å². The lowest BCUT2D eigenvalue weighted by Gasteiger charge is -2.24. The lowest BCUT2D eigenvalue weighted by molar-refractivity contribution is 0.239. The summed E-state index contributed by atoms with van der Waals surface area (Å²) in [4.78, 5) is 19.2. The predicted molar refractivity (Wildman–Crippen MR) is 161 cm³/mol. The van der Waals surface area contributed by atoms with Crippen molar-refractivity contribution in [1.29, 1.82) is 0 Å². The van der Waals surface area contributed by atoms with Crippen LogP contribution in [0.2, 0.25) is 0 Å². The Balaban J connectivity index is 0.00000137. The molecule has 5 rings (SSSR count). The number of piperidine rings is 1. The number of aromatic nitrogens is 2. The number of benzene rings is 1. The van der Waals surface area contributed by atoms with Gasteiger partial charge in [-0.05, 0) is 81.5 Å². The molecule has 0 unspecified atom stereocenters. The molecule has 1 saturated heterocycles. The lowest BCUT2D eigenvalue weighted by atomic mass is 9.98. The number of ether oxygens (including phenoxy) is 1. The van der Waals surface area contributed by atoms with Crippen molar-refractivity contribution in [3.05, 3.63) is 82.2 Å². The topological polar surface area (TPSA) is 53.9 Å². The van der Waals surface area contributed by atoms with Crippen LogP contribution in [0.5, 0.6) is 0 Å². The van der Waals surface area contributed by atoms with Gasteiger partial charge in [-0.25, -0.2) is 15.0 Å². The Kier molecular flexibility index (Phi) is 9.51. The summed E-state index contributed by atoms with van der Waals surface area (Å²) in [6.45, 7) is 16.7. The summed E-state index contributed by atoms with van der Waals surface area (Å²) in [5, 5.41) is 0. The first-order valence-corrected chi connectivity index (χ1v) is 14.2. The molecule has 4 heterocycles. The van der Waals surface area contributed by atoms with E-state index in [-0.39, 0.29) is 1.43 Å². The van der Waals surface area contributed by atoms with Crippen LogP contribution in [0, 0.1) is 6.92 Å². The molecule has 38 heavy (non-hydrogen) atoms. The maximum absolute atomic E-state index is 5.56. The smallest absolute Gasteiger partial charge is 0.137 e. The fourth-order valence-corrected chi connectivity index (χ4v) is 5.24. The summed E-state index contributed by atoms with van der Waals surface area (Å²) in [6.07, 6.45) is 9.63. The Morgan fingerprint density at radius 1 is 1.08 bits per heavy atom. The minimum Gasteiger partial charge on any atom is -0.492 e. The van der Waals surface area contributed by atoms with E-state index in [4.69, 9.17) is 19.7 Å². The minimum absolute atomic E-state index is 0. The van der Waals surface area contributed by atoms with Crippen LogP contribution in [0.15, 0.2) is 58.9 Å².